The van der Waals surface area contributed by atoms with E-state index in [1.165, 1.54) is 6.08 Å². The molecule has 0 aliphatic carbocycles. The Hall–Kier alpha value is -2.04. The van der Waals surface area contributed by atoms with Crippen LogP contribution in [-0.2, 0) is 6.42 Å². The minimum absolute atomic E-state index is 0.492. The third kappa shape index (κ3) is 4.57. The van der Waals surface area contributed by atoms with Gasteiger partial charge in [0.2, 0.25) is 6.20 Å². The Labute approximate surface area is 119 Å². The number of nitrogens with zero attached hydrogens (tertiary/aromatic N) is 1. The lowest BCUT2D eigenvalue weighted by molar-refractivity contribution is -0.400. The van der Waals surface area contributed by atoms with Crippen LogP contribution in [0.15, 0.2) is 18.3 Å². The van der Waals surface area contributed by atoms with Gasteiger partial charge in [-0.1, -0.05) is 19.8 Å². The quantitative estimate of drug-likeness (QED) is 0.413. The van der Waals surface area contributed by atoms with Crippen LogP contribution in [-0.4, -0.2) is 19.1 Å². The summed E-state index contributed by atoms with van der Waals surface area (Å²) in [6.07, 6.45) is 6.57. The van der Waals surface area contributed by atoms with Crippen molar-refractivity contribution in [2.45, 2.75) is 32.6 Å². The first-order chi connectivity index (χ1) is 9.62. The van der Waals surface area contributed by atoms with Crippen LogP contribution in [0, 0.1) is 10.1 Å². The van der Waals surface area contributed by atoms with Crippen molar-refractivity contribution in [3.63, 3.8) is 0 Å². The van der Waals surface area contributed by atoms with E-state index in [0.717, 1.165) is 37.4 Å². The zero-order chi connectivity index (χ0) is 15.0. The van der Waals surface area contributed by atoms with Crippen molar-refractivity contribution in [3.8, 4) is 11.5 Å². The fourth-order valence-corrected chi connectivity index (χ4v) is 2.05. The molecule has 0 N–H and O–H groups in total. The van der Waals surface area contributed by atoms with Gasteiger partial charge in [-0.2, -0.15) is 0 Å². The minimum Gasteiger partial charge on any atom is -0.496 e. The number of hydrogen-bond donors (Lipinski definition) is 0. The highest BCUT2D eigenvalue weighted by atomic mass is 16.6. The van der Waals surface area contributed by atoms with E-state index in [-0.39, 0.29) is 0 Å². The van der Waals surface area contributed by atoms with E-state index in [9.17, 15) is 10.1 Å². The highest BCUT2D eigenvalue weighted by Crippen LogP contribution is 2.32. The summed E-state index contributed by atoms with van der Waals surface area (Å²) in [4.78, 5) is 9.89. The molecule has 0 aromatic heterocycles. The molecule has 0 heterocycles. The second kappa shape index (κ2) is 8.19. The first-order valence-corrected chi connectivity index (χ1v) is 6.69. The summed E-state index contributed by atoms with van der Waals surface area (Å²) < 4.78 is 10.8. The third-order valence-electron chi connectivity index (χ3n) is 3.05. The van der Waals surface area contributed by atoms with Crippen molar-refractivity contribution < 1.29 is 14.4 Å². The van der Waals surface area contributed by atoms with E-state index in [2.05, 4.69) is 6.92 Å². The van der Waals surface area contributed by atoms with Crippen LogP contribution in [0.4, 0.5) is 0 Å². The molecule has 0 saturated carbocycles. The van der Waals surface area contributed by atoms with Gasteiger partial charge in [-0.3, -0.25) is 10.1 Å². The minimum atomic E-state index is -0.492. The van der Waals surface area contributed by atoms with Crippen molar-refractivity contribution in [2.24, 2.45) is 0 Å². The van der Waals surface area contributed by atoms with E-state index >= 15 is 0 Å². The molecule has 5 nitrogen and oxygen atoms in total. The Balaban J connectivity index is 3.07. The molecule has 0 unspecified atom stereocenters. The lowest BCUT2D eigenvalue weighted by Crippen LogP contribution is -1.98. The monoisotopic (exact) mass is 279 g/mol. The van der Waals surface area contributed by atoms with Crippen molar-refractivity contribution in [3.05, 3.63) is 39.6 Å². The fourth-order valence-electron chi connectivity index (χ4n) is 2.05. The van der Waals surface area contributed by atoms with Crippen molar-refractivity contribution in [2.75, 3.05) is 14.2 Å². The lowest BCUT2D eigenvalue weighted by atomic mass is 10.0. The van der Waals surface area contributed by atoms with E-state index in [1.54, 1.807) is 26.4 Å². The molecule has 0 radical (unpaired) electrons. The SMILES string of the molecule is CCCCCc1c(OC)cc(/C=C/[N+](=O)[O-])cc1OC. The molecule has 0 spiro atoms. The van der Waals surface area contributed by atoms with Gasteiger partial charge in [-0.15, -0.1) is 0 Å². The molecule has 110 valence electrons. The Kier molecular flexibility index (Phi) is 6.56. The van der Waals surface area contributed by atoms with Crippen LogP contribution in [0.5, 0.6) is 11.5 Å². The number of unbranched alkanes of at least 4 members (excludes halogenated alkanes) is 2. The van der Waals surface area contributed by atoms with E-state index in [4.69, 9.17) is 9.47 Å². The number of nitro groups is 1. The smallest absolute Gasteiger partial charge is 0.235 e. The lowest BCUT2D eigenvalue weighted by Gasteiger charge is -2.14. The molecule has 0 atom stereocenters. The third-order valence-corrected chi connectivity index (χ3v) is 3.05. The molecule has 0 aliphatic heterocycles. The summed E-state index contributed by atoms with van der Waals surface area (Å²) in [5, 5.41) is 10.4. The summed E-state index contributed by atoms with van der Waals surface area (Å²) in [5.74, 6) is 1.42. The summed E-state index contributed by atoms with van der Waals surface area (Å²) in [7, 11) is 3.19. The molecule has 0 bridgehead atoms. The van der Waals surface area contributed by atoms with Gasteiger partial charge in [0.1, 0.15) is 11.5 Å². The predicted molar refractivity (Wildman–Crippen MR) is 78.8 cm³/mol. The first kappa shape index (κ1) is 16.0. The molecule has 20 heavy (non-hydrogen) atoms. The van der Waals surface area contributed by atoms with Crippen LogP contribution in [0.1, 0.15) is 37.3 Å². The van der Waals surface area contributed by atoms with E-state index < -0.39 is 4.92 Å². The molecule has 1 aromatic rings. The second-order valence-electron chi connectivity index (χ2n) is 4.46. The standard InChI is InChI=1S/C15H21NO4/c1-4-5-6-7-13-14(19-2)10-12(8-9-16(17)18)11-15(13)20-3/h8-11H,4-7H2,1-3H3/b9-8+. The Morgan fingerprint density at radius 3 is 2.25 bits per heavy atom. The maximum Gasteiger partial charge on any atom is 0.235 e. The molecular formula is C15H21NO4. The summed E-state index contributed by atoms with van der Waals surface area (Å²) in [6, 6.07) is 3.59. The van der Waals surface area contributed by atoms with Crippen LogP contribution in [0.25, 0.3) is 6.08 Å². The topological polar surface area (TPSA) is 61.6 Å². The fraction of sp³-hybridized carbons (Fsp3) is 0.467. The zero-order valence-corrected chi connectivity index (χ0v) is 12.2. The molecular weight excluding hydrogens is 258 g/mol. The summed E-state index contributed by atoms with van der Waals surface area (Å²) in [5.41, 5.74) is 1.70. The number of methoxy groups -OCH3 is 2. The van der Waals surface area contributed by atoms with Gasteiger partial charge in [-0.05, 0) is 30.5 Å². The summed E-state index contributed by atoms with van der Waals surface area (Å²) in [6.45, 7) is 2.15. The Bertz CT molecular complexity index is 458. The predicted octanol–water partition coefficient (Wildman–Crippen LogP) is 3.68. The maximum atomic E-state index is 10.4. The normalized spacial score (nSPS) is 10.8. The zero-order valence-electron chi connectivity index (χ0n) is 12.2. The average Bonchev–Trinajstić information content (AvgIpc) is 2.45. The van der Waals surface area contributed by atoms with Gasteiger partial charge >= 0.3 is 0 Å². The molecule has 1 aromatic carbocycles. The Morgan fingerprint density at radius 2 is 1.80 bits per heavy atom. The van der Waals surface area contributed by atoms with Gasteiger partial charge in [0.15, 0.2) is 0 Å². The van der Waals surface area contributed by atoms with E-state index in [0.29, 0.717) is 17.1 Å². The van der Waals surface area contributed by atoms with Gasteiger partial charge in [0.25, 0.3) is 0 Å². The van der Waals surface area contributed by atoms with Crippen LogP contribution >= 0.6 is 0 Å². The maximum absolute atomic E-state index is 10.4. The molecule has 1 rings (SSSR count). The molecule has 0 fully saturated rings. The molecule has 0 aliphatic rings. The van der Waals surface area contributed by atoms with Crippen molar-refractivity contribution in [1.82, 2.24) is 0 Å². The highest BCUT2D eigenvalue weighted by molar-refractivity contribution is 5.58. The van der Waals surface area contributed by atoms with Crippen molar-refractivity contribution >= 4 is 6.08 Å². The first-order valence-electron chi connectivity index (χ1n) is 6.69. The number of hydrogen-bond acceptors (Lipinski definition) is 4. The van der Waals surface area contributed by atoms with Crippen LogP contribution in [0.2, 0.25) is 0 Å². The van der Waals surface area contributed by atoms with E-state index in [1.807, 2.05) is 0 Å². The average molecular weight is 279 g/mol. The van der Waals surface area contributed by atoms with Gasteiger partial charge < -0.3 is 9.47 Å². The highest BCUT2D eigenvalue weighted by Gasteiger charge is 2.11. The molecule has 0 amide bonds. The molecule has 0 saturated heterocycles. The number of rotatable bonds is 8. The van der Waals surface area contributed by atoms with Crippen LogP contribution < -0.4 is 9.47 Å². The number of benzene rings is 1. The van der Waals surface area contributed by atoms with Crippen molar-refractivity contribution in [1.29, 1.82) is 0 Å². The van der Waals surface area contributed by atoms with Crippen LogP contribution in [0.3, 0.4) is 0 Å². The largest absolute Gasteiger partial charge is 0.496 e. The molecule has 5 heteroatoms. The van der Waals surface area contributed by atoms with Gasteiger partial charge in [0.05, 0.1) is 19.1 Å². The van der Waals surface area contributed by atoms with Gasteiger partial charge in [-0.25, -0.2) is 0 Å². The number of ether oxygens (including phenoxy) is 2. The van der Waals surface area contributed by atoms with Gasteiger partial charge in [0, 0.05) is 11.6 Å². The second-order valence-corrected chi connectivity index (χ2v) is 4.46. The Morgan fingerprint density at radius 1 is 1.20 bits per heavy atom. The summed E-state index contributed by atoms with van der Waals surface area (Å²) >= 11 is 0.